The molecule has 22 atom stereocenters. The zero-order valence-electron chi connectivity index (χ0n) is 33.1. The average molecular weight is 783 g/mol. The molecule has 0 radical (unpaired) electrons. The summed E-state index contributed by atoms with van der Waals surface area (Å²) in [6, 6.07) is 0. The summed E-state index contributed by atoms with van der Waals surface area (Å²) < 4.78 is 42.2. The van der Waals surface area contributed by atoms with Gasteiger partial charge in [-0.2, -0.15) is 0 Å². The van der Waals surface area contributed by atoms with Gasteiger partial charge in [0, 0.05) is 30.6 Å². The third-order valence-electron chi connectivity index (χ3n) is 16.3. The Kier molecular flexibility index (Phi) is 11.3. The number of carbonyl (C=O) groups excluding carboxylic acids is 1. The van der Waals surface area contributed by atoms with Crippen molar-refractivity contribution in [3.63, 3.8) is 0 Å². The molecule has 1 unspecified atom stereocenters. The van der Waals surface area contributed by atoms with E-state index in [4.69, 9.17) is 33.2 Å². The highest BCUT2D eigenvalue weighted by Gasteiger charge is 2.71. The van der Waals surface area contributed by atoms with Crippen molar-refractivity contribution in [1.29, 1.82) is 0 Å². The molecule has 0 aromatic rings. The standard InChI is InChI=1S/C41H66O14/c1-19-36(47)28(42)15-34(50-19)54-38-21(3)52-35(17-30(38)44)55-37-20(2)51-33(16-29(37)43)53-24-8-10-39(4)23(13-24)6-7-26-27(39)14-31(45)40(5)25(9-11-41(26,40)48)22-12-32(46)49-18-22/h19-31,33-38,42-45,47-48H,6-18H2,1-5H3/t19-,20-,21-,22?,23-,24+,25-,26-,27+,28+,29+,30+,31-,33+,34+,35+,36-,37-,38-,39+,40+,41+/m1/s1. The van der Waals surface area contributed by atoms with Crippen LogP contribution in [0, 0.1) is 40.4 Å². The second-order valence-corrected chi connectivity index (χ2v) is 19.2. The Morgan fingerprint density at radius 2 is 1.25 bits per heavy atom. The minimum Gasteiger partial charge on any atom is -0.465 e. The van der Waals surface area contributed by atoms with Crippen molar-refractivity contribution in [2.45, 2.75) is 203 Å². The Bertz CT molecular complexity index is 1350. The molecule has 14 heteroatoms. The van der Waals surface area contributed by atoms with Gasteiger partial charge in [0.1, 0.15) is 18.3 Å². The molecule has 8 aliphatic rings. The van der Waals surface area contributed by atoms with E-state index in [0.29, 0.717) is 31.8 Å². The number of esters is 1. The molecule has 0 amide bonds. The summed E-state index contributed by atoms with van der Waals surface area (Å²) in [5, 5.41) is 66.9. The number of aliphatic hydroxyl groups excluding tert-OH is 5. The number of ether oxygens (including phenoxy) is 7. The van der Waals surface area contributed by atoms with Crippen LogP contribution < -0.4 is 0 Å². The first-order valence-corrected chi connectivity index (χ1v) is 21.2. The Labute approximate surface area is 324 Å². The van der Waals surface area contributed by atoms with Gasteiger partial charge in [0.15, 0.2) is 18.9 Å². The highest BCUT2D eigenvalue weighted by molar-refractivity contribution is 5.71. The monoisotopic (exact) mass is 782 g/mol. The van der Waals surface area contributed by atoms with Crippen molar-refractivity contribution in [3.05, 3.63) is 0 Å². The van der Waals surface area contributed by atoms with Gasteiger partial charge < -0.3 is 63.8 Å². The second-order valence-electron chi connectivity index (χ2n) is 19.2. The van der Waals surface area contributed by atoms with Gasteiger partial charge in [-0.05, 0) is 101 Å². The molecular formula is C41H66O14. The minimum atomic E-state index is -1.00. The van der Waals surface area contributed by atoms with Crippen LogP contribution in [0.3, 0.4) is 0 Å². The van der Waals surface area contributed by atoms with Crippen LogP contribution in [0.2, 0.25) is 0 Å². The van der Waals surface area contributed by atoms with Crippen molar-refractivity contribution in [2.75, 3.05) is 6.61 Å². The van der Waals surface area contributed by atoms with E-state index in [1.54, 1.807) is 13.8 Å². The fourth-order valence-electron chi connectivity index (χ4n) is 13.2. The van der Waals surface area contributed by atoms with Crippen LogP contribution >= 0.6 is 0 Å². The van der Waals surface area contributed by atoms with E-state index < -0.39 is 90.9 Å². The van der Waals surface area contributed by atoms with Gasteiger partial charge in [-0.3, -0.25) is 4.79 Å². The minimum absolute atomic E-state index is 0.0377. The summed E-state index contributed by atoms with van der Waals surface area (Å²) in [6.07, 6.45) is -2.42. The molecule has 314 valence electrons. The smallest absolute Gasteiger partial charge is 0.306 e. The lowest BCUT2D eigenvalue weighted by molar-refractivity contribution is -0.336. The van der Waals surface area contributed by atoms with Crippen molar-refractivity contribution in [1.82, 2.24) is 0 Å². The topological polar surface area (TPSA) is 203 Å². The lowest BCUT2D eigenvalue weighted by atomic mass is 9.42. The van der Waals surface area contributed by atoms with Crippen molar-refractivity contribution >= 4 is 5.97 Å². The zero-order valence-corrected chi connectivity index (χ0v) is 33.1. The number of hydrogen-bond acceptors (Lipinski definition) is 14. The molecule has 55 heavy (non-hydrogen) atoms. The summed E-state index contributed by atoms with van der Waals surface area (Å²) in [5.74, 6) is 0.612. The molecule has 4 saturated carbocycles. The van der Waals surface area contributed by atoms with Crippen LogP contribution in [0.4, 0.5) is 0 Å². The third-order valence-corrected chi connectivity index (χ3v) is 16.3. The lowest BCUT2D eigenvalue weighted by Crippen LogP contribution is -2.67. The maximum atomic E-state index is 12.6. The van der Waals surface area contributed by atoms with Crippen molar-refractivity contribution in [3.8, 4) is 0 Å². The molecule has 8 fully saturated rings. The summed E-state index contributed by atoms with van der Waals surface area (Å²) >= 11 is 0. The molecule has 4 saturated heterocycles. The molecule has 0 aromatic carbocycles. The predicted molar refractivity (Wildman–Crippen MR) is 193 cm³/mol. The first-order chi connectivity index (χ1) is 26.0. The summed E-state index contributed by atoms with van der Waals surface area (Å²) in [6.45, 7) is 10.1. The van der Waals surface area contributed by atoms with Gasteiger partial charge in [-0.25, -0.2) is 0 Å². The van der Waals surface area contributed by atoms with Crippen molar-refractivity contribution in [2.24, 2.45) is 40.4 Å². The van der Waals surface area contributed by atoms with Gasteiger partial charge in [-0.1, -0.05) is 13.8 Å². The SMILES string of the molecule is C[C@H]1O[C@@H](O[C@H]2[C@@H](O)C[C@H](O[C@H]3[C@@H](O)C[C@H](O[C@H]4CC[C@@]5(C)[C@H](CC[C@@H]6[C@@H]5C[C@@H](O)[C@]5(C)[C@@H](C7COC(=O)C7)CC[C@]65O)C4)O[C@@H]3C)O[C@@H]2C)C[C@H](O)[C@@H]1O. The highest BCUT2D eigenvalue weighted by atomic mass is 16.7. The van der Waals surface area contributed by atoms with Crippen LogP contribution in [-0.2, 0) is 38.0 Å². The van der Waals surface area contributed by atoms with E-state index in [9.17, 15) is 35.4 Å². The lowest BCUT2D eigenvalue weighted by Gasteiger charge is -2.65. The first kappa shape index (κ1) is 40.8. The molecule has 0 bridgehead atoms. The summed E-state index contributed by atoms with van der Waals surface area (Å²) in [5.41, 5.74) is -1.67. The quantitative estimate of drug-likeness (QED) is 0.162. The van der Waals surface area contributed by atoms with Crippen LogP contribution in [0.1, 0.15) is 112 Å². The molecule has 4 aliphatic carbocycles. The molecule has 14 nitrogen and oxygen atoms in total. The fourth-order valence-corrected chi connectivity index (χ4v) is 13.2. The average Bonchev–Trinajstić information content (AvgIpc) is 3.67. The molecule has 4 heterocycles. The highest BCUT2D eigenvalue weighted by Crippen LogP contribution is 2.70. The van der Waals surface area contributed by atoms with E-state index in [1.807, 2.05) is 6.92 Å². The predicted octanol–water partition coefficient (Wildman–Crippen LogP) is 2.30. The zero-order chi connectivity index (χ0) is 39.2. The van der Waals surface area contributed by atoms with E-state index >= 15 is 0 Å². The van der Waals surface area contributed by atoms with E-state index in [2.05, 4.69) is 13.8 Å². The van der Waals surface area contributed by atoms with E-state index in [-0.39, 0.29) is 60.4 Å². The van der Waals surface area contributed by atoms with Gasteiger partial charge >= 0.3 is 5.97 Å². The van der Waals surface area contributed by atoms with Crippen LogP contribution in [0.15, 0.2) is 0 Å². The maximum Gasteiger partial charge on any atom is 0.306 e. The number of carbonyl (C=O) groups is 1. The van der Waals surface area contributed by atoms with Crippen LogP contribution in [-0.4, -0.2) is 135 Å². The number of aliphatic hydroxyl groups is 6. The van der Waals surface area contributed by atoms with Gasteiger partial charge in [0.25, 0.3) is 0 Å². The molecule has 4 aliphatic heterocycles. The molecule has 6 N–H and O–H groups in total. The van der Waals surface area contributed by atoms with Gasteiger partial charge in [0.05, 0.1) is 67.5 Å². The normalized spacial score (nSPS) is 57.0. The Morgan fingerprint density at radius 1 is 0.655 bits per heavy atom. The van der Waals surface area contributed by atoms with Gasteiger partial charge in [-0.15, -0.1) is 0 Å². The Morgan fingerprint density at radius 3 is 1.84 bits per heavy atom. The van der Waals surface area contributed by atoms with Crippen molar-refractivity contribution < 1.29 is 68.6 Å². The summed E-state index contributed by atoms with van der Waals surface area (Å²) in [7, 11) is 0. The van der Waals surface area contributed by atoms with Crippen LogP contribution in [0.5, 0.6) is 0 Å². The number of rotatable bonds is 7. The Hall–Kier alpha value is -1.01. The maximum absolute atomic E-state index is 12.6. The molecule has 8 rings (SSSR count). The van der Waals surface area contributed by atoms with E-state index in [1.165, 1.54) is 0 Å². The summed E-state index contributed by atoms with van der Waals surface area (Å²) in [4.78, 5) is 12.0. The van der Waals surface area contributed by atoms with Crippen LogP contribution in [0.25, 0.3) is 0 Å². The fraction of sp³-hybridized carbons (Fsp3) is 0.976. The number of cyclic esters (lactones) is 1. The van der Waals surface area contributed by atoms with E-state index in [0.717, 1.165) is 38.5 Å². The second kappa shape index (κ2) is 15.2. The molecular weight excluding hydrogens is 716 g/mol. The number of fused-ring (bicyclic) bond motifs is 5. The molecule has 0 spiro atoms. The third kappa shape index (κ3) is 7.03. The molecule has 0 aromatic heterocycles. The first-order valence-electron chi connectivity index (χ1n) is 21.2. The number of hydrogen-bond donors (Lipinski definition) is 6. The Balaban J connectivity index is 0.834. The van der Waals surface area contributed by atoms with Gasteiger partial charge in [0.2, 0.25) is 0 Å². The largest absolute Gasteiger partial charge is 0.465 e.